The van der Waals surface area contributed by atoms with Gasteiger partial charge in [-0.3, -0.25) is 93.6 Å². The second-order valence-electron chi connectivity index (χ2n) is 27.8. The molecule has 20 atom stereocenters. The summed E-state index contributed by atoms with van der Waals surface area (Å²) in [7, 11) is -13.0. The summed E-state index contributed by atoms with van der Waals surface area (Å²) in [5.74, 6) is -13.1. The van der Waals surface area contributed by atoms with E-state index < -0.39 is 182 Å². The molecule has 8 aromatic rings. The van der Waals surface area contributed by atoms with E-state index in [9.17, 15) is 78.3 Å². The van der Waals surface area contributed by atoms with Crippen molar-refractivity contribution in [2.75, 3.05) is 54.8 Å². The minimum atomic E-state index is -4.89. The highest BCUT2D eigenvalue weighted by Gasteiger charge is 2.62. The van der Waals surface area contributed by atoms with Gasteiger partial charge >= 0.3 is 31.3 Å². The van der Waals surface area contributed by atoms with Crippen molar-refractivity contribution in [3.63, 3.8) is 0 Å². The summed E-state index contributed by atoms with van der Waals surface area (Å²) < 4.78 is 268. The van der Waals surface area contributed by atoms with Crippen molar-refractivity contribution in [3.8, 4) is 46.0 Å². The van der Waals surface area contributed by atoms with Crippen molar-refractivity contribution in [1.29, 1.82) is 0 Å². The van der Waals surface area contributed by atoms with Crippen molar-refractivity contribution in [2.45, 2.75) is 144 Å². The van der Waals surface area contributed by atoms with E-state index in [0.717, 1.165) is 38.4 Å². The Hall–Kier alpha value is -8.19. The smallest absolute Gasteiger partial charge is 0.493 e. The fraction of sp³-hybridized carbons (Fsp3) is 0.437. The van der Waals surface area contributed by atoms with E-state index in [4.69, 9.17) is 149 Å². The first-order valence-electron chi connectivity index (χ1n) is 39.4. The zero-order valence-electron chi connectivity index (χ0n) is 72.5. The van der Waals surface area contributed by atoms with Crippen LogP contribution in [0.1, 0.15) is 72.0 Å². The molecule has 4 aromatic heterocycles. The summed E-state index contributed by atoms with van der Waals surface area (Å²) in [6.07, 6.45) is -22.7. The number of aryl methyl sites for hydroxylation is 3. The van der Waals surface area contributed by atoms with Gasteiger partial charge in [0.2, 0.25) is 0 Å². The number of halogens is 5. The summed E-state index contributed by atoms with van der Waals surface area (Å²) in [6, 6.07) is 20.1. The molecule has 4 fully saturated rings. The Morgan fingerprint density at radius 3 is 1.06 bits per heavy atom. The van der Waals surface area contributed by atoms with E-state index in [1.165, 1.54) is 67.5 Å². The zero-order chi connectivity index (χ0) is 97.6. The summed E-state index contributed by atoms with van der Waals surface area (Å²) >= 11 is 19.9. The van der Waals surface area contributed by atoms with Gasteiger partial charge in [-0.05, 0) is 93.9 Å². The minimum Gasteiger partial charge on any atom is -0.493 e. The van der Waals surface area contributed by atoms with Crippen LogP contribution in [0.3, 0.4) is 0 Å². The van der Waals surface area contributed by atoms with Gasteiger partial charge < -0.3 is 96.8 Å². The topological polar surface area (TPSA) is 566 Å². The van der Waals surface area contributed by atoms with Crippen molar-refractivity contribution in [3.05, 3.63) is 203 Å². The Morgan fingerprint density at radius 1 is 0.422 bits per heavy atom. The monoisotopic (exact) mass is 1990 g/mol. The lowest BCUT2D eigenvalue weighted by Gasteiger charge is -2.29. The Kier molecular flexibility index (Phi) is 27.5. The van der Waals surface area contributed by atoms with Crippen LogP contribution < -0.4 is 59.3 Å². The van der Waals surface area contributed by atoms with Crippen molar-refractivity contribution < 1.29 is 177 Å². The standard InChI is InChI=1S/3C18H20FN2O9PS.C17H18FN2O9PS.ClH/c3*1-9-6-21(17(32)20-15(9)24)16-12(22)14(23)18(19,29-16)8-28-31(25)27-7-10-4-3-5-11(26-2)13(10)30-31;1-25-10-4-2-3-9-7-26-30(24,29-13(9)10)27-8-17(18)14(23)12(22)15(28-17)20-6-5-11(21)19-16(20)31;/h3*3-6,12,14,16,22-23H,7-8H2,1-2H3,(H,20,24,32);2-6,12,14-15,22-23H,7-8H2,1H3,(H,19,21,31);1H/t3*12-,14+,16-,18-,31?;12-,14+,15-,17-,30?;/m1111./s1/i8D2,16D;16D;;8D2;. The van der Waals surface area contributed by atoms with Crippen LogP contribution in [-0.4, -0.2) is 206 Å². The number of aliphatic hydroxyl groups is 8. The number of phosphoric ester groups is 4. The number of methoxy groups -OCH3 is 4. The van der Waals surface area contributed by atoms with E-state index in [1.54, 1.807) is 60.7 Å². The van der Waals surface area contributed by atoms with Gasteiger partial charge in [0.1, 0.15) is 75.2 Å². The lowest BCUT2D eigenvalue weighted by atomic mass is 10.1. The van der Waals surface area contributed by atoms with Crippen LogP contribution in [0, 0.1) is 39.9 Å². The van der Waals surface area contributed by atoms with Crippen LogP contribution in [0.5, 0.6) is 46.0 Å². The molecule has 12 heterocycles. The minimum absolute atomic E-state index is 0. The molecular weight excluding hydrogens is 1900 g/mol. The SMILES string of the molecule is COc1cccc2c1OP(=O)(OC[C@@]1(F)O[C@@H](n3cc(C)c(=O)[nH]c3=S)[C@H](O)[C@@H]1O)OC2.Cl.[2H]C([2H])(OP1(=O)OCc2cccc(OC)c2O1)[C@@]1(F)O[C@@H](n2ccc(=O)[nH]c2=S)[C@H](O)[C@@H]1O.[2H]C([2H])(OP1(=O)OCc2cccc(OC)c2O1)[C@@]1(F)O[C@@]([2H])(n2cc(C)c(=O)[nH]c2=S)[C@H](O)[C@@H]1O.[2H][C@@]1(n2cc(C)c(=O)[nH]c2=S)O[C@](F)(COP2(=O)OCc3cccc(OC)c3O2)[C@@H](O)[C@H]1O. The summed E-state index contributed by atoms with van der Waals surface area (Å²) in [5.41, 5.74) is -0.0692. The van der Waals surface area contributed by atoms with Crippen LogP contribution in [0.15, 0.2) is 123 Å². The Bertz CT molecular complexity index is 6530. The number of ether oxygens (including phenoxy) is 8. The number of hydrogen-bond acceptors (Lipinski definition) is 40. The Morgan fingerprint density at radius 2 is 0.703 bits per heavy atom. The number of aromatic amines is 4. The molecule has 12 N–H and O–H groups in total. The molecular formula is C71H79ClF4N8O36P4S4. The highest BCUT2D eigenvalue weighted by Crippen LogP contribution is 2.62. The molecule has 8 aliphatic heterocycles. The van der Waals surface area contributed by atoms with Crippen LogP contribution in [0.4, 0.5) is 17.6 Å². The normalized spacial score (nSPS) is 33.7. The maximum atomic E-state index is 16.0. The predicted molar refractivity (Wildman–Crippen MR) is 437 cm³/mol. The van der Waals surface area contributed by atoms with Gasteiger partial charge in [-0.1, -0.05) is 48.5 Å². The van der Waals surface area contributed by atoms with Crippen LogP contribution in [0.2, 0.25) is 0 Å². The highest BCUT2D eigenvalue weighted by atomic mass is 35.5. The first kappa shape index (κ1) is 90.4. The second kappa shape index (κ2) is 38.9. The fourth-order valence-corrected chi connectivity index (χ4v) is 18.2. The third-order valence-corrected chi connectivity index (χ3v) is 25.4. The summed E-state index contributed by atoms with van der Waals surface area (Å²) in [5, 5.41) is 82.9. The maximum Gasteiger partial charge on any atom is 0.530 e. The number of fused-ring (bicyclic) bond motifs is 4. The molecule has 0 radical (unpaired) electrons. The molecule has 44 nitrogen and oxygen atoms in total. The van der Waals surface area contributed by atoms with Gasteiger partial charge in [0, 0.05) is 69.8 Å². The molecule has 128 heavy (non-hydrogen) atoms. The van der Waals surface area contributed by atoms with E-state index in [0.29, 0.717) is 26.8 Å². The van der Waals surface area contributed by atoms with Crippen LogP contribution >= 0.6 is 92.6 Å². The third kappa shape index (κ3) is 20.4. The number of benzene rings is 4. The quantitative estimate of drug-likeness (QED) is 0.0198. The number of hydrogen-bond donors (Lipinski definition) is 12. The lowest BCUT2D eigenvalue weighted by molar-refractivity contribution is -0.205. The number of aliphatic hydroxyl groups excluding tert-OH is 8. The number of phosphoric acid groups is 4. The maximum absolute atomic E-state index is 16.0. The molecule has 698 valence electrons. The lowest BCUT2D eigenvalue weighted by Crippen LogP contribution is -2.43. The number of H-pyrrole nitrogens is 4. The molecule has 0 aliphatic carbocycles. The summed E-state index contributed by atoms with van der Waals surface area (Å²) in [4.78, 5) is 55.5. The number of rotatable bonds is 20. The molecule has 16 rings (SSSR count). The average molecular weight is 1990 g/mol. The molecule has 8 aliphatic rings. The Labute approximate surface area is 752 Å². The first-order valence-corrected chi connectivity index (χ1v) is 43.9. The van der Waals surface area contributed by atoms with Gasteiger partial charge in [0.15, 0.2) is 89.9 Å². The molecule has 4 unspecified atom stereocenters. The highest BCUT2D eigenvalue weighted by molar-refractivity contribution is 7.71. The van der Waals surface area contributed by atoms with Gasteiger partial charge in [0.25, 0.3) is 45.7 Å². The number of aromatic nitrogens is 8. The van der Waals surface area contributed by atoms with Gasteiger partial charge in [-0.25, -0.2) is 35.8 Å². The van der Waals surface area contributed by atoms with Crippen molar-refractivity contribution in [2.24, 2.45) is 0 Å². The van der Waals surface area contributed by atoms with Crippen molar-refractivity contribution >= 4 is 92.6 Å². The number of nitrogens with zero attached hydrogens (tertiary/aromatic N) is 4. The summed E-state index contributed by atoms with van der Waals surface area (Å²) in [6.45, 7) is -6.66. The van der Waals surface area contributed by atoms with Gasteiger partial charge in [-0.2, -0.15) is 0 Å². The number of para-hydroxylation sites is 4. The molecule has 0 amide bonds. The molecule has 4 aromatic carbocycles. The number of alkyl halides is 4. The van der Waals surface area contributed by atoms with Gasteiger partial charge in [-0.15, -0.1) is 12.4 Å². The fourth-order valence-electron chi connectivity index (χ4n) is 12.5. The Balaban J connectivity index is 0.000000161. The van der Waals surface area contributed by atoms with E-state index in [2.05, 4.69) is 19.9 Å². The molecule has 0 spiro atoms. The first-order chi connectivity index (χ1) is 62.1. The molecule has 4 saturated heterocycles. The zero-order valence-corrected chi connectivity index (χ0v) is 74.1. The molecule has 0 bridgehead atoms. The van der Waals surface area contributed by atoms with E-state index in [-0.39, 0.29) is 116 Å². The number of nitrogens with one attached hydrogen (secondary N) is 4. The average Bonchev–Trinajstić information content (AvgIpc) is 1.51. The molecule has 0 saturated carbocycles. The predicted octanol–water partition coefficient (Wildman–Crippen LogP) is 7.61. The van der Waals surface area contributed by atoms with Crippen molar-refractivity contribution in [1.82, 2.24) is 38.2 Å². The third-order valence-electron chi connectivity index (χ3n) is 19.3. The second-order valence-corrected chi connectivity index (χ2v) is 35.5. The largest absolute Gasteiger partial charge is 0.530 e. The van der Waals surface area contributed by atoms with Crippen LogP contribution in [-0.2, 0) is 99.8 Å². The van der Waals surface area contributed by atoms with Crippen LogP contribution in [0.25, 0.3) is 0 Å². The molecule has 57 heteroatoms. The van der Waals surface area contributed by atoms with E-state index >= 15 is 17.6 Å². The van der Waals surface area contributed by atoms with Gasteiger partial charge in [0.05, 0.1) is 63.1 Å². The van der Waals surface area contributed by atoms with E-state index in [1.807, 2.05) is 0 Å².